The van der Waals surface area contributed by atoms with Crippen molar-refractivity contribution in [3.8, 4) is 0 Å². The molecule has 17 heavy (non-hydrogen) atoms. The molecule has 0 atom stereocenters. The quantitative estimate of drug-likeness (QED) is 0.776. The third kappa shape index (κ3) is 2.50. The molecule has 0 spiro atoms. The van der Waals surface area contributed by atoms with E-state index in [4.69, 9.17) is 5.11 Å². The fourth-order valence-electron chi connectivity index (χ4n) is 1.83. The van der Waals surface area contributed by atoms with Crippen molar-refractivity contribution in [3.05, 3.63) is 29.8 Å². The molecule has 1 fully saturated rings. The molecule has 0 saturated carbocycles. The Morgan fingerprint density at radius 1 is 1.35 bits per heavy atom. The number of aliphatic carboxylic acids is 1. The average molecular weight is 233 g/mol. The van der Waals surface area contributed by atoms with E-state index in [1.165, 1.54) is 4.90 Å². The molecule has 1 aromatic carbocycles. The third-order valence-corrected chi connectivity index (χ3v) is 2.56. The predicted octanol–water partition coefficient (Wildman–Crippen LogP) is 0.620. The van der Waals surface area contributed by atoms with Gasteiger partial charge in [0, 0.05) is 5.69 Å². The SMILES string of the molecule is O=C(O)Cc1cccc(N2CC(=O)CC2=O)c1. The van der Waals surface area contributed by atoms with Crippen LogP contribution in [-0.2, 0) is 20.8 Å². The number of carboxylic acids is 1. The van der Waals surface area contributed by atoms with Gasteiger partial charge in [0.05, 0.1) is 19.4 Å². The molecule has 2 rings (SSSR count). The molecule has 1 aliphatic rings. The van der Waals surface area contributed by atoms with Gasteiger partial charge in [0.1, 0.15) is 0 Å². The number of rotatable bonds is 3. The number of Topliss-reactive ketones (excluding diaryl/α,β-unsaturated/α-hetero) is 1. The number of nitrogens with zero attached hydrogens (tertiary/aromatic N) is 1. The van der Waals surface area contributed by atoms with Gasteiger partial charge in [0.2, 0.25) is 5.91 Å². The lowest BCUT2D eigenvalue weighted by molar-refractivity contribution is -0.136. The smallest absolute Gasteiger partial charge is 0.307 e. The van der Waals surface area contributed by atoms with Crippen LogP contribution < -0.4 is 4.90 Å². The molecular weight excluding hydrogens is 222 g/mol. The summed E-state index contributed by atoms with van der Waals surface area (Å²) in [6.07, 6.45) is -0.160. The number of anilines is 1. The zero-order chi connectivity index (χ0) is 12.4. The second-order valence-corrected chi connectivity index (χ2v) is 3.94. The Bertz CT molecular complexity index is 495. The Morgan fingerprint density at radius 3 is 2.71 bits per heavy atom. The van der Waals surface area contributed by atoms with Crippen LogP contribution in [-0.4, -0.2) is 29.3 Å². The summed E-state index contributed by atoms with van der Waals surface area (Å²) in [5.41, 5.74) is 1.20. The van der Waals surface area contributed by atoms with E-state index in [0.717, 1.165) is 0 Å². The first-order chi connectivity index (χ1) is 8.06. The van der Waals surface area contributed by atoms with Gasteiger partial charge in [-0.05, 0) is 17.7 Å². The highest BCUT2D eigenvalue weighted by atomic mass is 16.4. The lowest BCUT2D eigenvalue weighted by atomic mass is 10.1. The molecule has 88 valence electrons. The topological polar surface area (TPSA) is 74.7 Å². The standard InChI is InChI=1S/C12H11NO4/c14-10-6-11(15)13(7-10)9-3-1-2-8(4-9)5-12(16)17/h1-4H,5-7H2,(H,16,17). The molecule has 0 aromatic heterocycles. The maximum absolute atomic E-state index is 11.5. The molecular formula is C12H11NO4. The van der Waals surface area contributed by atoms with Crippen LogP contribution in [0.25, 0.3) is 0 Å². The number of carbonyl (C=O) groups excluding carboxylic acids is 2. The minimum atomic E-state index is -0.925. The fraction of sp³-hybridized carbons (Fsp3) is 0.250. The first-order valence-corrected chi connectivity index (χ1v) is 5.19. The van der Waals surface area contributed by atoms with Crippen LogP contribution in [0.15, 0.2) is 24.3 Å². The van der Waals surface area contributed by atoms with E-state index >= 15 is 0 Å². The number of ketones is 1. The van der Waals surface area contributed by atoms with Crippen molar-refractivity contribution in [1.29, 1.82) is 0 Å². The molecule has 1 saturated heterocycles. The van der Waals surface area contributed by atoms with Crippen LogP contribution in [0.1, 0.15) is 12.0 Å². The first kappa shape index (κ1) is 11.3. The van der Waals surface area contributed by atoms with Crippen molar-refractivity contribution < 1.29 is 19.5 Å². The van der Waals surface area contributed by atoms with Gasteiger partial charge >= 0.3 is 5.97 Å². The Balaban J connectivity index is 2.24. The largest absolute Gasteiger partial charge is 0.481 e. The summed E-state index contributed by atoms with van der Waals surface area (Å²) in [5, 5.41) is 8.68. The number of carboxylic acid groups (broad SMARTS) is 1. The Hall–Kier alpha value is -2.17. The van der Waals surface area contributed by atoms with Gasteiger partial charge in [-0.1, -0.05) is 12.1 Å². The van der Waals surface area contributed by atoms with E-state index in [-0.39, 0.29) is 31.1 Å². The summed E-state index contributed by atoms with van der Waals surface area (Å²) in [6.45, 7) is 0.0787. The molecule has 5 heteroatoms. The minimum Gasteiger partial charge on any atom is -0.481 e. The normalized spacial score (nSPS) is 15.4. The number of amides is 1. The zero-order valence-corrected chi connectivity index (χ0v) is 9.05. The van der Waals surface area contributed by atoms with Crippen molar-refractivity contribution in [2.24, 2.45) is 0 Å². The highest BCUT2D eigenvalue weighted by Crippen LogP contribution is 2.21. The van der Waals surface area contributed by atoms with Crippen LogP contribution in [0.3, 0.4) is 0 Å². The fourth-order valence-corrected chi connectivity index (χ4v) is 1.83. The van der Waals surface area contributed by atoms with Gasteiger partial charge in [-0.15, -0.1) is 0 Å². The average Bonchev–Trinajstić information content (AvgIpc) is 2.57. The van der Waals surface area contributed by atoms with Gasteiger partial charge in [-0.3, -0.25) is 14.4 Å². The summed E-state index contributed by atoms with van der Waals surface area (Å²) in [7, 11) is 0. The van der Waals surface area contributed by atoms with E-state index in [1.54, 1.807) is 24.3 Å². The maximum Gasteiger partial charge on any atom is 0.307 e. The molecule has 1 aliphatic heterocycles. The molecule has 1 heterocycles. The Kier molecular flexibility index (Phi) is 2.91. The van der Waals surface area contributed by atoms with Crippen LogP contribution in [0, 0.1) is 0 Å². The monoisotopic (exact) mass is 233 g/mol. The van der Waals surface area contributed by atoms with Crippen molar-refractivity contribution in [2.75, 3.05) is 11.4 Å². The summed E-state index contributed by atoms with van der Waals surface area (Å²) < 4.78 is 0. The second kappa shape index (κ2) is 4.37. The van der Waals surface area contributed by atoms with E-state index in [2.05, 4.69) is 0 Å². The Labute approximate surface area is 97.7 Å². The summed E-state index contributed by atoms with van der Waals surface area (Å²) in [6, 6.07) is 6.69. The van der Waals surface area contributed by atoms with Gasteiger partial charge in [0.15, 0.2) is 5.78 Å². The highest BCUT2D eigenvalue weighted by molar-refractivity contribution is 6.15. The molecule has 0 bridgehead atoms. The molecule has 0 radical (unpaired) electrons. The van der Waals surface area contributed by atoms with Gasteiger partial charge in [-0.2, -0.15) is 0 Å². The van der Waals surface area contributed by atoms with E-state index in [0.29, 0.717) is 11.3 Å². The van der Waals surface area contributed by atoms with Crippen LogP contribution in [0.4, 0.5) is 5.69 Å². The second-order valence-electron chi connectivity index (χ2n) is 3.94. The van der Waals surface area contributed by atoms with Crippen molar-refractivity contribution in [3.63, 3.8) is 0 Å². The van der Waals surface area contributed by atoms with E-state index < -0.39 is 5.97 Å². The third-order valence-electron chi connectivity index (χ3n) is 2.56. The van der Waals surface area contributed by atoms with Gasteiger partial charge in [-0.25, -0.2) is 0 Å². The number of carbonyl (C=O) groups is 3. The van der Waals surface area contributed by atoms with Crippen molar-refractivity contribution >= 4 is 23.3 Å². The maximum atomic E-state index is 11.5. The molecule has 1 N–H and O–H groups in total. The summed E-state index contributed by atoms with van der Waals surface area (Å²) >= 11 is 0. The van der Waals surface area contributed by atoms with Crippen molar-refractivity contribution in [2.45, 2.75) is 12.8 Å². The molecule has 0 unspecified atom stereocenters. The number of hydrogen-bond donors (Lipinski definition) is 1. The van der Waals surface area contributed by atoms with Crippen LogP contribution in [0.5, 0.6) is 0 Å². The number of benzene rings is 1. The number of hydrogen-bond acceptors (Lipinski definition) is 3. The summed E-state index contributed by atoms with van der Waals surface area (Å²) in [5.74, 6) is -1.27. The van der Waals surface area contributed by atoms with Gasteiger partial charge in [0.25, 0.3) is 0 Å². The first-order valence-electron chi connectivity index (χ1n) is 5.19. The lowest BCUT2D eigenvalue weighted by Crippen LogP contribution is -2.24. The molecule has 0 aliphatic carbocycles. The lowest BCUT2D eigenvalue weighted by Gasteiger charge is -2.15. The molecule has 5 nitrogen and oxygen atoms in total. The van der Waals surface area contributed by atoms with E-state index in [9.17, 15) is 14.4 Å². The van der Waals surface area contributed by atoms with Crippen molar-refractivity contribution in [1.82, 2.24) is 0 Å². The van der Waals surface area contributed by atoms with Gasteiger partial charge < -0.3 is 10.0 Å². The van der Waals surface area contributed by atoms with E-state index in [1.807, 2.05) is 0 Å². The zero-order valence-electron chi connectivity index (χ0n) is 9.05. The molecule has 1 amide bonds. The predicted molar refractivity (Wildman–Crippen MR) is 59.8 cm³/mol. The summed E-state index contributed by atoms with van der Waals surface area (Å²) in [4.78, 5) is 34.6. The minimum absolute atomic E-state index is 0.0663. The highest BCUT2D eigenvalue weighted by Gasteiger charge is 2.28. The molecule has 1 aromatic rings. The van der Waals surface area contributed by atoms with Crippen LogP contribution >= 0.6 is 0 Å². The van der Waals surface area contributed by atoms with Crippen LogP contribution in [0.2, 0.25) is 0 Å². The Morgan fingerprint density at radius 2 is 2.12 bits per heavy atom.